The highest BCUT2D eigenvalue weighted by molar-refractivity contribution is 5.91. The lowest BCUT2D eigenvalue weighted by molar-refractivity contribution is -0.383. The topological polar surface area (TPSA) is 108 Å². The summed E-state index contributed by atoms with van der Waals surface area (Å²) in [7, 11) is 0. The Balaban J connectivity index is 1.64. The number of aromatic amines is 2. The van der Waals surface area contributed by atoms with Gasteiger partial charge in [-0.1, -0.05) is 19.9 Å². The largest absolute Gasteiger partial charge is 0.361 e. The van der Waals surface area contributed by atoms with Gasteiger partial charge in [-0.25, -0.2) is 4.98 Å². The average molecular weight is 367 g/mol. The summed E-state index contributed by atoms with van der Waals surface area (Å²) in [5.41, 5.74) is 3.19. The van der Waals surface area contributed by atoms with Crippen LogP contribution in [0.5, 0.6) is 0 Å². The van der Waals surface area contributed by atoms with Gasteiger partial charge in [0, 0.05) is 44.2 Å². The minimum atomic E-state index is -0.354. The first-order valence-electron chi connectivity index (χ1n) is 9.01. The van der Waals surface area contributed by atoms with Crippen LogP contribution in [0.2, 0.25) is 0 Å². The Bertz CT molecular complexity index is 1080. The summed E-state index contributed by atoms with van der Waals surface area (Å²) in [5.74, 6) is 0.896. The Labute approximate surface area is 155 Å². The molecule has 2 N–H and O–H groups in total. The molecule has 4 rings (SSSR count). The Morgan fingerprint density at radius 3 is 2.93 bits per heavy atom. The van der Waals surface area contributed by atoms with Gasteiger partial charge >= 0.3 is 0 Å². The molecule has 8 nitrogen and oxygen atoms in total. The third-order valence-electron chi connectivity index (χ3n) is 5.07. The van der Waals surface area contributed by atoms with Gasteiger partial charge in [-0.3, -0.25) is 19.8 Å². The highest BCUT2D eigenvalue weighted by Gasteiger charge is 2.24. The van der Waals surface area contributed by atoms with Crippen LogP contribution in [-0.2, 0) is 19.5 Å². The quantitative estimate of drug-likeness (QED) is 0.544. The molecule has 0 fully saturated rings. The SMILES string of the molecule is CC(C)c1nc2c(c(=O)[nH]1)CN(Cc1c[nH]c3cccc([N+](=O)[O-])c13)CC2. The van der Waals surface area contributed by atoms with E-state index in [-0.39, 0.29) is 22.1 Å². The standard InChI is InChI=1S/C19H21N5O3/c1-11(2)18-21-14-6-7-23(10-13(14)19(25)22-18)9-12-8-20-15-4-3-5-16(17(12)15)24(26)27/h3-5,8,11,20H,6-7,9-10H2,1-2H3,(H,21,22,25). The van der Waals surface area contributed by atoms with Crippen LogP contribution in [0.3, 0.4) is 0 Å². The molecule has 1 aliphatic heterocycles. The van der Waals surface area contributed by atoms with Crippen LogP contribution < -0.4 is 5.56 Å². The van der Waals surface area contributed by atoms with E-state index in [1.807, 2.05) is 26.1 Å². The Kier molecular flexibility index (Phi) is 4.27. The van der Waals surface area contributed by atoms with Gasteiger partial charge in [0.25, 0.3) is 11.2 Å². The molecule has 27 heavy (non-hydrogen) atoms. The molecule has 0 saturated heterocycles. The van der Waals surface area contributed by atoms with E-state index in [0.29, 0.717) is 30.5 Å². The summed E-state index contributed by atoms with van der Waals surface area (Å²) in [4.78, 5) is 36.2. The molecule has 0 bridgehead atoms. The van der Waals surface area contributed by atoms with Crippen molar-refractivity contribution in [2.45, 2.75) is 39.3 Å². The number of hydrogen-bond acceptors (Lipinski definition) is 5. The number of rotatable bonds is 4. The molecule has 0 radical (unpaired) electrons. The fourth-order valence-electron chi connectivity index (χ4n) is 3.66. The molecule has 0 aliphatic carbocycles. The van der Waals surface area contributed by atoms with Crippen LogP contribution >= 0.6 is 0 Å². The van der Waals surface area contributed by atoms with Crippen LogP contribution in [0.15, 0.2) is 29.2 Å². The Hall–Kier alpha value is -3.00. The predicted molar refractivity (Wildman–Crippen MR) is 102 cm³/mol. The van der Waals surface area contributed by atoms with Gasteiger partial charge in [-0.05, 0) is 11.6 Å². The van der Waals surface area contributed by atoms with Crippen LogP contribution in [0.1, 0.15) is 42.4 Å². The summed E-state index contributed by atoms with van der Waals surface area (Å²) < 4.78 is 0. The fourth-order valence-corrected chi connectivity index (χ4v) is 3.66. The van der Waals surface area contributed by atoms with Crippen molar-refractivity contribution in [1.29, 1.82) is 0 Å². The van der Waals surface area contributed by atoms with E-state index in [1.165, 1.54) is 6.07 Å². The summed E-state index contributed by atoms with van der Waals surface area (Å²) in [6.07, 6.45) is 2.51. The molecule has 1 aromatic carbocycles. The number of H-pyrrole nitrogens is 2. The molecule has 140 valence electrons. The van der Waals surface area contributed by atoms with E-state index in [1.54, 1.807) is 6.07 Å². The zero-order valence-electron chi connectivity index (χ0n) is 15.3. The first-order chi connectivity index (χ1) is 12.9. The van der Waals surface area contributed by atoms with Gasteiger partial charge in [0.1, 0.15) is 5.82 Å². The van der Waals surface area contributed by atoms with Crippen molar-refractivity contribution in [3.05, 3.63) is 67.5 Å². The number of aromatic nitrogens is 3. The van der Waals surface area contributed by atoms with Gasteiger partial charge in [0.15, 0.2) is 0 Å². The highest BCUT2D eigenvalue weighted by Crippen LogP contribution is 2.30. The van der Waals surface area contributed by atoms with Gasteiger partial charge in [-0.2, -0.15) is 0 Å². The number of nitro groups is 1. The van der Waals surface area contributed by atoms with Gasteiger partial charge in [0.2, 0.25) is 0 Å². The molecule has 0 saturated carbocycles. The number of nitro benzene ring substituents is 1. The fraction of sp³-hybridized carbons (Fsp3) is 0.368. The molecular weight excluding hydrogens is 346 g/mol. The van der Waals surface area contributed by atoms with E-state index in [9.17, 15) is 14.9 Å². The second kappa shape index (κ2) is 6.62. The minimum absolute atomic E-state index is 0.0849. The third kappa shape index (κ3) is 3.12. The van der Waals surface area contributed by atoms with E-state index in [2.05, 4.69) is 19.9 Å². The molecule has 3 heterocycles. The third-order valence-corrected chi connectivity index (χ3v) is 5.07. The number of benzene rings is 1. The van der Waals surface area contributed by atoms with Crippen molar-refractivity contribution in [2.75, 3.05) is 6.54 Å². The van der Waals surface area contributed by atoms with Crippen LogP contribution in [-0.4, -0.2) is 31.3 Å². The molecule has 0 amide bonds. The maximum atomic E-state index is 12.5. The molecular formula is C19H21N5O3. The van der Waals surface area contributed by atoms with E-state index in [4.69, 9.17) is 0 Å². The van der Waals surface area contributed by atoms with Crippen LogP contribution in [0.4, 0.5) is 5.69 Å². The van der Waals surface area contributed by atoms with Crippen LogP contribution in [0, 0.1) is 10.1 Å². The van der Waals surface area contributed by atoms with Gasteiger partial charge in [0.05, 0.1) is 27.1 Å². The molecule has 1 aliphatic rings. The smallest absolute Gasteiger partial charge is 0.279 e. The molecule has 0 spiro atoms. The Morgan fingerprint density at radius 2 is 2.19 bits per heavy atom. The zero-order valence-corrected chi connectivity index (χ0v) is 15.3. The summed E-state index contributed by atoms with van der Waals surface area (Å²) in [6.45, 7) is 5.79. The molecule has 0 unspecified atom stereocenters. The zero-order chi connectivity index (χ0) is 19.1. The summed E-state index contributed by atoms with van der Waals surface area (Å²) in [5, 5.41) is 12.0. The van der Waals surface area contributed by atoms with Crippen molar-refractivity contribution in [3.8, 4) is 0 Å². The monoisotopic (exact) mass is 367 g/mol. The van der Waals surface area contributed by atoms with E-state index in [0.717, 1.165) is 29.1 Å². The maximum absolute atomic E-state index is 12.5. The first kappa shape index (κ1) is 17.4. The molecule has 3 aromatic rings. The summed E-state index contributed by atoms with van der Waals surface area (Å²) in [6, 6.07) is 5.03. The number of hydrogen-bond donors (Lipinski definition) is 2. The maximum Gasteiger partial charge on any atom is 0.279 e. The lowest BCUT2D eigenvalue weighted by Gasteiger charge is -2.27. The van der Waals surface area contributed by atoms with Crippen molar-refractivity contribution >= 4 is 16.6 Å². The number of non-ortho nitro benzene ring substituents is 1. The van der Waals surface area contributed by atoms with Crippen LogP contribution in [0.25, 0.3) is 10.9 Å². The Morgan fingerprint density at radius 1 is 1.37 bits per heavy atom. The lowest BCUT2D eigenvalue weighted by Crippen LogP contribution is -2.35. The van der Waals surface area contributed by atoms with E-state index < -0.39 is 0 Å². The lowest BCUT2D eigenvalue weighted by atomic mass is 10.0. The average Bonchev–Trinajstić information content (AvgIpc) is 3.05. The molecule has 0 atom stereocenters. The van der Waals surface area contributed by atoms with Crippen molar-refractivity contribution < 1.29 is 4.92 Å². The number of fused-ring (bicyclic) bond motifs is 2. The normalized spacial score (nSPS) is 14.6. The number of nitrogens with zero attached hydrogens (tertiary/aromatic N) is 3. The van der Waals surface area contributed by atoms with E-state index >= 15 is 0 Å². The second-order valence-corrected chi connectivity index (χ2v) is 7.26. The van der Waals surface area contributed by atoms with Gasteiger partial charge in [-0.15, -0.1) is 0 Å². The van der Waals surface area contributed by atoms with Crippen molar-refractivity contribution in [1.82, 2.24) is 19.9 Å². The molecule has 8 heteroatoms. The predicted octanol–water partition coefficient (Wildman–Crippen LogP) is 2.84. The summed E-state index contributed by atoms with van der Waals surface area (Å²) >= 11 is 0. The van der Waals surface area contributed by atoms with Crippen molar-refractivity contribution in [3.63, 3.8) is 0 Å². The molecule has 2 aromatic heterocycles. The highest BCUT2D eigenvalue weighted by atomic mass is 16.6. The first-order valence-corrected chi connectivity index (χ1v) is 9.01. The van der Waals surface area contributed by atoms with Gasteiger partial charge < -0.3 is 9.97 Å². The minimum Gasteiger partial charge on any atom is -0.361 e. The second-order valence-electron chi connectivity index (χ2n) is 7.26. The van der Waals surface area contributed by atoms with Crippen molar-refractivity contribution in [2.24, 2.45) is 0 Å². The number of nitrogens with one attached hydrogen (secondary N) is 2.